The zero-order valence-corrected chi connectivity index (χ0v) is 13.0. The van der Waals surface area contributed by atoms with Gasteiger partial charge in [-0.25, -0.2) is 4.79 Å². The number of fused-ring (bicyclic) bond motifs is 2. The van der Waals surface area contributed by atoms with Crippen LogP contribution in [0.1, 0.15) is 18.4 Å². The molecule has 0 unspecified atom stereocenters. The second kappa shape index (κ2) is 5.70. The topological polar surface area (TPSA) is 88.2 Å². The summed E-state index contributed by atoms with van der Waals surface area (Å²) in [7, 11) is 0. The highest BCUT2D eigenvalue weighted by atomic mass is 16.7. The summed E-state index contributed by atoms with van der Waals surface area (Å²) < 4.78 is 10.5. The molecule has 8 heteroatoms. The molecule has 1 N–H and O–H groups in total. The lowest BCUT2D eigenvalue weighted by Crippen LogP contribution is -2.41. The van der Waals surface area contributed by atoms with Crippen LogP contribution in [-0.2, 0) is 16.1 Å². The zero-order chi connectivity index (χ0) is 16.7. The van der Waals surface area contributed by atoms with Crippen molar-refractivity contribution in [2.45, 2.75) is 25.4 Å². The number of nitrogens with one attached hydrogen (secondary N) is 1. The van der Waals surface area contributed by atoms with E-state index >= 15 is 0 Å². The monoisotopic (exact) mass is 331 g/mol. The molecular formula is C16H17N3O5. The molecule has 8 nitrogen and oxygen atoms in total. The Balaban J connectivity index is 1.34. The maximum Gasteiger partial charge on any atom is 0.327 e. The number of nitrogens with zero attached hydrogens (tertiary/aromatic N) is 2. The number of imide groups is 1. The fourth-order valence-corrected chi connectivity index (χ4v) is 3.28. The van der Waals surface area contributed by atoms with Gasteiger partial charge < -0.3 is 19.7 Å². The van der Waals surface area contributed by atoms with Crippen molar-refractivity contribution in [2.75, 3.05) is 19.9 Å². The van der Waals surface area contributed by atoms with Crippen molar-refractivity contribution in [1.82, 2.24) is 15.1 Å². The molecule has 3 heterocycles. The Kier molecular flexibility index (Phi) is 3.51. The summed E-state index contributed by atoms with van der Waals surface area (Å²) in [5, 5.41) is 2.72. The molecule has 1 atom stereocenters. The summed E-state index contributed by atoms with van der Waals surface area (Å²) in [5.74, 6) is 0.692. The summed E-state index contributed by atoms with van der Waals surface area (Å²) in [6, 6.07) is 4.67. The molecule has 0 aromatic heterocycles. The lowest BCUT2D eigenvalue weighted by Gasteiger charge is -2.15. The highest BCUT2D eigenvalue weighted by Crippen LogP contribution is 2.32. The first-order valence-corrected chi connectivity index (χ1v) is 7.91. The number of rotatable bonds is 4. The Morgan fingerprint density at radius 3 is 2.92 bits per heavy atom. The van der Waals surface area contributed by atoms with E-state index in [0.29, 0.717) is 31.0 Å². The maximum absolute atomic E-state index is 12.2. The third-order valence-electron chi connectivity index (χ3n) is 4.51. The molecular weight excluding hydrogens is 314 g/mol. The molecule has 1 aromatic carbocycles. The Hall–Kier alpha value is -2.77. The predicted octanol–water partition coefficient (Wildman–Crippen LogP) is 0.458. The van der Waals surface area contributed by atoms with Crippen molar-refractivity contribution < 1.29 is 23.9 Å². The van der Waals surface area contributed by atoms with E-state index in [9.17, 15) is 14.4 Å². The van der Waals surface area contributed by atoms with Crippen LogP contribution in [0, 0.1) is 0 Å². The van der Waals surface area contributed by atoms with E-state index in [1.807, 2.05) is 6.07 Å². The van der Waals surface area contributed by atoms with Crippen LogP contribution in [0.3, 0.4) is 0 Å². The molecule has 4 amide bonds. The Labute approximate surface area is 138 Å². The van der Waals surface area contributed by atoms with Gasteiger partial charge in [0, 0.05) is 13.1 Å². The van der Waals surface area contributed by atoms with Crippen LogP contribution in [-0.4, -0.2) is 53.6 Å². The quantitative estimate of drug-likeness (QED) is 0.810. The fraction of sp³-hybridized carbons (Fsp3) is 0.438. The Bertz CT molecular complexity index is 698. The van der Waals surface area contributed by atoms with Crippen LogP contribution in [0.2, 0.25) is 0 Å². The van der Waals surface area contributed by atoms with Gasteiger partial charge in [-0.2, -0.15) is 0 Å². The standard InChI is InChI=1S/C16H17N3O5/c20-14(8-19-15(21)11-2-1-5-18(11)16(19)22)17-7-10-3-4-12-13(6-10)24-9-23-12/h3-4,6,11H,1-2,5,7-9H2,(H,17,20)/t11-/m0/s1. The van der Waals surface area contributed by atoms with E-state index < -0.39 is 0 Å². The average molecular weight is 331 g/mol. The Morgan fingerprint density at radius 1 is 1.25 bits per heavy atom. The number of ether oxygens (including phenoxy) is 2. The molecule has 24 heavy (non-hydrogen) atoms. The van der Waals surface area contributed by atoms with Gasteiger partial charge in [-0.05, 0) is 30.5 Å². The normalized spacial score (nSPS) is 21.4. The van der Waals surface area contributed by atoms with Crippen LogP contribution in [0.25, 0.3) is 0 Å². The van der Waals surface area contributed by atoms with Crippen LogP contribution < -0.4 is 14.8 Å². The van der Waals surface area contributed by atoms with Gasteiger partial charge in [-0.15, -0.1) is 0 Å². The summed E-state index contributed by atoms with van der Waals surface area (Å²) >= 11 is 0. The maximum atomic E-state index is 12.2. The van der Waals surface area contributed by atoms with Crippen molar-refractivity contribution in [3.8, 4) is 11.5 Å². The molecule has 2 fully saturated rings. The molecule has 0 saturated carbocycles. The van der Waals surface area contributed by atoms with Crippen molar-refractivity contribution in [1.29, 1.82) is 0 Å². The number of hydrogen-bond acceptors (Lipinski definition) is 5. The van der Waals surface area contributed by atoms with Crippen LogP contribution in [0.4, 0.5) is 4.79 Å². The van der Waals surface area contributed by atoms with Gasteiger partial charge in [-0.3, -0.25) is 14.5 Å². The minimum absolute atomic E-state index is 0.196. The minimum atomic E-state index is -0.376. The molecule has 3 aliphatic rings. The van der Waals surface area contributed by atoms with E-state index in [4.69, 9.17) is 9.47 Å². The van der Waals surface area contributed by atoms with Gasteiger partial charge in [0.15, 0.2) is 11.5 Å². The molecule has 126 valence electrons. The lowest BCUT2D eigenvalue weighted by molar-refractivity contribution is -0.132. The molecule has 0 bridgehead atoms. The highest BCUT2D eigenvalue weighted by molar-refractivity contribution is 6.06. The smallest absolute Gasteiger partial charge is 0.327 e. The predicted molar refractivity (Wildman–Crippen MR) is 81.2 cm³/mol. The van der Waals surface area contributed by atoms with Crippen molar-refractivity contribution in [2.24, 2.45) is 0 Å². The molecule has 1 aromatic rings. The van der Waals surface area contributed by atoms with Gasteiger partial charge in [-0.1, -0.05) is 6.07 Å². The number of urea groups is 1. The van der Waals surface area contributed by atoms with Gasteiger partial charge >= 0.3 is 6.03 Å². The van der Waals surface area contributed by atoms with E-state index in [2.05, 4.69) is 5.32 Å². The number of carbonyl (C=O) groups excluding carboxylic acids is 3. The summed E-state index contributed by atoms with van der Waals surface area (Å²) in [4.78, 5) is 39.0. The first-order valence-electron chi connectivity index (χ1n) is 7.91. The molecule has 0 aliphatic carbocycles. The van der Waals surface area contributed by atoms with Crippen LogP contribution in [0.15, 0.2) is 18.2 Å². The molecule has 0 spiro atoms. The van der Waals surface area contributed by atoms with Gasteiger partial charge in [0.2, 0.25) is 12.7 Å². The van der Waals surface area contributed by atoms with E-state index in [0.717, 1.165) is 16.9 Å². The van der Waals surface area contributed by atoms with Crippen molar-refractivity contribution in [3.63, 3.8) is 0 Å². The molecule has 2 saturated heterocycles. The van der Waals surface area contributed by atoms with Gasteiger partial charge in [0.25, 0.3) is 5.91 Å². The first-order chi connectivity index (χ1) is 11.6. The third-order valence-corrected chi connectivity index (χ3v) is 4.51. The number of hydrogen-bond donors (Lipinski definition) is 1. The first kappa shape index (κ1) is 14.8. The van der Waals surface area contributed by atoms with Crippen LogP contribution in [0.5, 0.6) is 11.5 Å². The van der Waals surface area contributed by atoms with Gasteiger partial charge in [0.05, 0.1) is 0 Å². The number of carbonyl (C=O) groups is 3. The third kappa shape index (κ3) is 2.44. The summed E-state index contributed by atoms with van der Waals surface area (Å²) in [6.07, 6.45) is 1.52. The van der Waals surface area contributed by atoms with Crippen molar-refractivity contribution >= 4 is 17.8 Å². The van der Waals surface area contributed by atoms with E-state index in [-0.39, 0.29) is 37.2 Å². The molecule has 3 aliphatic heterocycles. The zero-order valence-electron chi connectivity index (χ0n) is 13.0. The summed E-state index contributed by atoms with van der Waals surface area (Å²) in [5.41, 5.74) is 0.854. The number of amides is 4. The Morgan fingerprint density at radius 2 is 2.08 bits per heavy atom. The molecule has 4 rings (SSSR count). The number of benzene rings is 1. The minimum Gasteiger partial charge on any atom is -0.454 e. The fourth-order valence-electron chi connectivity index (χ4n) is 3.28. The van der Waals surface area contributed by atoms with E-state index in [1.54, 1.807) is 17.0 Å². The second-order valence-corrected chi connectivity index (χ2v) is 6.02. The van der Waals surface area contributed by atoms with Crippen LogP contribution >= 0.6 is 0 Å². The van der Waals surface area contributed by atoms with Gasteiger partial charge in [0.1, 0.15) is 12.6 Å². The van der Waals surface area contributed by atoms with Crippen molar-refractivity contribution in [3.05, 3.63) is 23.8 Å². The highest BCUT2D eigenvalue weighted by Gasteiger charge is 2.47. The molecule has 0 radical (unpaired) electrons. The lowest BCUT2D eigenvalue weighted by atomic mass is 10.2. The SMILES string of the molecule is O=C(CN1C(=O)[C@@H]2CCCN2C1=O)NCc1ccc2c(c1)OCO2. The average Bonchev–Trinajstić information content (AvgIpc) is 3.28. The summed E-state index contributed by atoms with van der Waals surface area (Å²) in [6.45, 7) is 0.834. The second-order valence-electron chi connectivity index (χ2n) is 6.02. The largest absolute Gasteiger partial charge is 0.454 e. The van der Waals surface area contributed by atoms with E-state index in [1.165, 1.54) is 0 Å².